The lowest BCUT2D eigenvalue weighted by Gasteiger charge is -2.41. The lowest BCUT2D eigenvalue weighted by Crippen LogP contribution is -2.45. The summed E-state index contributed by atoms with van der Waals surface area (Å²) in [5.41, 5.74) is 1.23. The van der Waals surface area contributed by atoms with Crippen LogP contribution in [0.4, 0.5) is 0 Å². The van der Waals surface area contributed by atoms with Gasteiger partial charge < -0.3 is 14.6 Å². The molecule has 2 aromatic carbocycles. The van der Waals surface area contributed by atoms with Gasteiger partial charge in [0.1, 0.15) is 5.75 Å². The summed E-state index contributed by atoms with van der Waals surface area (Å²) in [4.78, 5) is 2.43. The fourth-order valence-corrected chi connectivity index (χ4v) is 4.30. The molecular formula is C25H35NO3. The summed E-state index contributed by atoms with van der Waals surface area (Å²) < 4.78 is 10.9. The molecule has 0 aromatic heterocycles. The Morgan fingerprint density at radius 2 is 1.72 bits per heavy atom. The van der Waals surface area contributed by atoms with Gasteiger partial charge in [0, 0.05) is 25.6 Å². The van der Waals surface area contributed by atoms with Crippen LogP contribution in [0, 0.1) is 0 Å². The summed E-state index contributed by atoms with van der Waals surface area (Å²) in [6, 6.07) is 18.5. The molecule has 1 saturated heterocycles. The van der Waals surface area contributed by atoms with Crippen molar-refractivity contribution in [1.82, 2.24) is 4.90 Å². The number of hydrogen-bond donors (Lipinski definition) is 1. The molecule has 1 heterocycles. The van der Waals surface area contributed by atoms with Crippen molar-refractivity contribution in [2.45, 2.75) is 44.1 Å². The molecule has 0 bridgehead atoms. The molecule has 158 valence electrons. The fourth-order valence-electron chi connectivity index (χ4n) is 4.30. The third-order valence-electron chi connectivity index (χ3n) is 6.07. The molecule has 0 radical (unpaired) electrons. The van der Waals surface area contributed by atoms with E-state index < -0.39 is 5.60 Å². The molecule has 0 aliphatic carbocycles. The highest BCUT2D eigenvalue weighted by Crippen LogP contribution is 2.42. The maximum Gasteiger partial charge on any atom is 0.118 e. The number of methoxy groups -OCH3 is 1. The van der Waals surface area contributed by atoms with Crippen molar-refractivity contribution in [2.75, 3.05) is 40.0 Å². The molecule has 1 aliphatic rings. The van der Waals surface area contributed by atoms with Gasteiger partial charge in [0.05, 0.1) is 25.9 Å². The first-order chi connectivity index (χ1) is 14.2. The molecule has 0 unspecified atom stereocenters. The quantitative estimate of drug-likeness (QED) is 0.596. The van der Waals surface area contributed by atoms with E-state index in [9.17, 15) is 5.11 Å². The molecule has 3 rings (SSSR count). The monoisotopic (exact) mass is 397 g/mol. The van der Waals surface area contributed by atoms with E-state index in [-0.39, 0.29) is 5.92 Å². The van der Waals surface area contributed by atoms with Gasteiger partial charge in [-0.05, 0) is 29.7 Å². The highest BCUT2D eigenvalue weighted by atomic mass is 16.5. The van der Waals surface area contributed by atoms with E-state index in [4.69, 9.17) is 9.47 Å². The van der Waals surface area contributed by atoms with Crippen LogP contribution in [0.1, 0.15) is 49.7 Å². The summed E-state index contributed by atoms with van der Waals surface area (Å²) in [5.74, 6) is 0.807. The zero-order valence-corrected chi connectivity index (χ0v) is 17.8. The Labute approximate surface area is 175 Å². The smallest absolute Gasteiger partial charge is 0.118 e. The minimum atomic E-state index is -0.929. The molecule has 0 spiro atoms. The molecule has 29 heavy (non-hydrogen) atoms. The van der Waals surface area contributed by atoms with Gasteiger partial charge in [-0.3, -0.25) is 4.90 Å². The van der Waals surface area contributed by atoms with E-state index in [1.807, 2.05) is 30.3 Å². The Bertz CT molecular complexity index is 713. The highest BCUT2D eigenvalue weighted by Gasteiger charge is 2.40. The molecule has 4 heteroatoms. The van der Waals surface area contributed by atoms with Crippen LogP contribution in [0.3, 0.4) is 0 Å². The van der Waals surface area contributed by atoms with E-state index in [0.29, 0.717) is 0 Å². The molecule has 2 atom stereocenters. The Hall–Kier alpha value is -1.88. The van der Waals surface area contributed by atoms with E-state index in [1.54, 1.807) is 7.11 Å². The third kappa shape index (κ3) is 5.59. The molecule has 1 fully saturated rings. The molecule has 4 nitrogen and oxygen atoms in total. The molecular weight excluding hydrogens is 362 g/mol. The zero-order chi connectivity index (χ0) is 20.5. The number of rotatable bonds is 10. The minimum absolute atomic E-state index is 0.00736. The maximum absolute atomic E-state index is 12.2. The molecule has 0 saturated carbocycles. The largest absolute Gasteiger partial charge is 0.497 e. The summed E-state index contributed by atoms with van der Waals surface area (Å²) in [5, 5.41) is 12.2. The summed E-state index contributed by atoms with van der Waals surface area (Å²) in [6.07, 6.45) is 4.01. The average molecular weight is 398 g/mol. The van der Waals surface area contributed by atoms with Crippen molar-refractivity contribution in [3.05, 3.63) is 65.7 Å². The topological polar surface area (TPSA) is 41.9 Å². The highest BCUT2D eigenvalue weighted by molar-refractivity contribution is 5.35. The van der Waals surface area contributed by atoms with Gasteiger partial charge in [-0.15, -0.1) is 0 Å². The van der Waals surface area contributed by atoms with Gasteiger partial charge in [0.15, 0.2) is 0 Å². The van der Waals surface area contributed by atoms with Crippen LogP contribution in [-0.4, -0.2) is 50.0 Å². The van der Waals surface area contributed by atoms with E-state index >= 15 is 0 Å². The maximum atomic E-state index is 12.2. The van der Waals surface area contributed by atoms with Crippen molar-refractivity contribution in [1.29, 1.82) is 0 Å². The summed E-state index contributed by atoms with van der Waals surface area (Å²) >= 11 is 0. The van der Waals surface area contributed by atoms with Crippen LogP contribution >= 0.6 is 0 Å². The number of unbranched alkanes of at least 4 members (excludes halogenated alkanes) is 2. The van der Waals surface area contributed by atoms with Gasteiger partial charge in [0.25, 0.3) is 0 Å². The van der Waals surface area contributed by atoms with Crippen LogP contribution in [0.15, 0.2) is 54.6 Å². The summed E-state index contributed by atoms with van der Waals surface area (Å²) in [7, 11) is 1.67. The predicted octanol–water partition coefficient (Wildman–Crippen LogP) is 4.58. The van der Waals surface area contributed by atoms with Crippen LogP contribution < -0.4 is 4.74 Å². The first-order valence-corrected chi connectivity index (χ1v) is 10.9. The van der Waals surface area contributed by atoms with E-state index in [0.717, 1.165) is 69.8 Å². The fraction of sp³-hybridized carbons (Fsp3) is 0.520. The van der Waals surface area contributed by atoms with Gasteiger partial charge in [-0.1, -0.05) is 68.7 Å². The van der Waals surface area contributed by atoms with Gasteiger partial charge in [-0.25, -0.2) is 0 Å². The Morgan fingerprint density at radius 3 is 2.34 bits per heavy atom. The van der Waals surface area contributed by atoms with Gasteiger partial charge >= 0.3 is 0 Å². The lowest BCUT2D eigenvalue weighted by molar-refractivity contribution is -0.0295. The molecule has 2 aromatic rings. The number of nitrogens with zero attached hydrogens (tertiary/aromatic N) is 1. The van der Waals surface area contributed by atoms with Crippen molar-refractivity contribution >= 4 is 0 Å². The Balaban J connectivity index is 1.97. The molecule has 1 N–H and O–H groups in total. The summed E-state index contributed by atoms with van der Waals surface area (Å²) in [6.45, 7) is 6.38. The first-order valence-electron chi connectivity index (χ1n) is 10.9. The predicted molar refractivity (Wildman–Crippen MR) is 117 cm³/mol. The second-order valence-electron chi connectivity index (χ2n) is 7.99. The number of hydrogen-bond acceptors (Lipinski definition) is 4. The third-order valence-corrected chi connectivity index (χ3v) is 6.07. The zero-order valence-electron chi connectivity index (χ0n) is 17.8. The standard InChI is InChI=1S/C25H35NO3/c1-3-4-8-15-25(27,22-11-13-23(28-2)14-12-22)24(21-9-6-5-7-10-21)20-26-16-18-29-19-17-26/h5-7,9-14,24,27H,3-4,8,15-20H2,1-2H3/t24-,25-/m1/s1. The SMILES string of the molecule is CCCCC[C@@](O)(c1ccc(OC)cc1)[C@H](CN1CCOCC1)c1ccccc1. The molecule has 1 aliphatic heterocycles. The normalized spacial score (nSPS) is 18.2. The van der Waals surface area contributed by atoms with Crippen molar-refractivity contribution < 1.29 is 14.6 Å². The van der Waals surface area contributed by atoms with Crippen molar-refractivity contribution in [3.63, 3.8) is 0 Å². The number of benzene rings is 2. The molecule has 0 amide bonds. The Kier molecular flexibility index (Phi) is 8.10. The number of aliphatic hydroxyl groups is 1. The Morgan fingerprint density at radius 1 is 1.03 bits per heavy atom. The first kappa shape index (κ1) is 21.8. The van der Waals surface area contributed by atoms with E-state index in [2.05, 4.69) is 36.1 Å². The second-order valence-corrected chi connectivity index (χ2v) is 7.99. The van der Waals surface area contributed by atoms with Crippen LogP contribution in [0.5, 0.6) is 5.75 Å². The number of ether oxygens (including phenoxy) is 2. The lowest BCUT2D eigenvalue weighted by atomic mass is 9.74. The minimum Gasteiger partial charge on any atom is -0.497 e. The van der Waals surface area contributed by atoms with Crippen LogP contribution in [0.25, 0.3) is 0 Å². The average Bonchev–Trinajstić information content (AvgIpc) is 2.79. The van der Waals surface area contributed by atoms with E-state index in [1.165, 1.54) is 5.56 Å². The second kappa shape index (κ2) is 10.8. The van der Waals surface area contributed by atoms with Crippen molar-refractivity contribution in [2.24, 2.45) is 0 Å². The number of morpholine rings is 1. The van der Waals surface area contributed by atoms with Crippen LogP contribution in [-0.2, 0) is 10.3 Å². The van der Waals surface area contributed by atoms with Crippen molar-refractivity contribution in [3.8, 4) is 5.75 Å². The van der Waals surface area contributed by atoms with Gasteiger partial charge in [0.2, 0.25) is 0 Å². The van der Waals surface area contributed by atoms with Gasteiger partial charge in [-0.2, -0.15) is 0 Å². The van der Waals surface area contributed by atoms with Crippen LogP contribution in [0.2, 0.25) is 0 Å².